The molecule has 1 heterocycles. The number of hydrogen-bond donors (Lipinski definition) is 1. The number of hydrogen-bond acceptors (Lipinski definition) is 5. The molecule has 3 aromatic carbocycles. The highest BCUT2D eigenvalue weighted by Gasteiger charge is 2.28. The molecular formula is C26H25N3O4S. The van der Waals surface area contributed by atoms with Crippen LogP contribution in [0.5, 0.6) is 5.75 Å². The van der Waals surface area contributed by atoms with Gasteiger partial charge in [0.2, 0.25) is 5.91 Å². The van der Waals surface area contributed by atoms with Gasteiger partial charge in [0.25, 0.3) is 10.0 Å². The number of carbonyl (C=O) groups is 1. The lowest BCUT2D eigenvalue weighted by Crippen LogP contribution is -2.40. The van der Waals surface area contributed by atoms with Crippen LogP contribution < -0.4 is 14.4 Å². The average Bonchev–Trinajstić information content (AvgIpc) is 2.86. The number of fused-ring (bicyclic) bond motifs is 1. The molecule has 0 saturated carbocycles. The van der Waals surface area contributed by atoms with Crippen LogP contribution in [0.2, 0.25) is 0 Å². The van der Waals surface area contributed by atoms with E-state index in [1.165, 1.54) is 7.11 Å². The first-order chi connectivity index (χ1) is 16.4. The molecule has 1 N–H and O–H groups in total. The number of rotatable bonds is 8. The molecule has 7 nitrogen and oxygen atoms in total. The number of sulfonamides is 1. The normalized spacial score (nSPS) is 11.2. The second kappa shape index (κ2) is 9.93. The van der Waals surface area contributed by atoms with E-state index in [-0.39, 0.29) is 11.4 Å². The molecule has 0 aliphatic heterocycles. The van der Waals surface area contributed by atoms with Crippen molar-refractivity contribution in [3.8, 4) is 5.75 Å². The van der Waals surface area contributed by atoms with Gasteiger partial charge in [-0.3, -0.25) is 14.1 Å². The number of methoxy groups -OCH3 is 1. The summed E-state index contributed by atoms with van der Waals surface area (Å²) in [5.74, 6) is 0.169. The number of anilines is 1. The number of benzene rings is 3. The predicted molar refractivity (Wildman–Crippen MR) is 132 cm³/mol. The summed E-state index contributed by atoms with van der Waals surface area (Å²) < 4.78 is 34.0. The van der Waals surface area contributed by atoms with Crippen molar-refractivity contribution < 1.29 is 17.9 Å². The Morgan fingerprint density at radius 3 is 2.44 bits per heavy atom. The van der Waals surface area contributed by atoms with Crippen LogP contribution in [0, 0.1) is 6.92 Å². The van der Waals surface area contributed by atoms with Crippen LogP contribution in [0.3, 0.4) is 0 Å². The molecule has 8 heteroatoms. The van der Waals surface area contributed by atoms with Gasteiger partial charge in [-0.1, -0.05) is 42.0 Å². The summed E-state index contributed by atoms with van der Waals surface area (Å²) in [7, 11) is -2.55. The number of aryl methyl sites for hydroxylation is 1. The number of ether oxygens (including phenoxy) is 1. The van der Waals surface area contributed by atoms with Crippen molar-refractivity contribution in [3.05, 3.63) is 96.3 Å². The molecule has 0 spiro atoms. The van der Waals surface area contributed by atoms with Crippen molar-refractivity contribution in [2.45, 2.75) is 18.4 Å². The summed E-state index contributed by atoms with van der Waals surface area (Å²) in [6.45, 7) is 1.92. The summed E-state index contributed by atoms with van der Waals surface area (Å²) in [5.41, 5.74) is 2.41. The molecule has 4 aromatic rings. The van der Waals surface area contributed by atoms with E-state index in [0.717, 1.165) is 15.4 Å². The maximum Gasteiger partial charge on any atom is 0.265 e. The first-order valence-electron chi connectivity index (χ1n) is 10.7. The highest BCUT2D eigenvalue weighted by molar-refractivity contribution is 7.93. The van der Waals surface area contributed by atoms with Gasteiger partial charge >= 0.3 is 0 Å². The van der Waals surface area contributed by atoms with Gasteiger partial charge in [0, 0.05) is 29.7 Å². The zero-order valence-corrected chi connectivity index (χ0v) is 19.7. The van der Waals surface area contributed by atoms with E-state index in [9.17, 15) is 13.2 Å². The van der Waals surface area contributed by atoms with Gasteiger partial charge in [0.1, 0.15) is 12.3 Å². The van der Waals surface area contributed by atoms with E-state index in [0.29, 0.717) is 28.8 Å². The molecule has 0 atom stereocenters. The maximum absolute atomic E-state index is 13.8. The smallest absolute Gasteiger partial charge is 0.265 e. The van der Waals surface area contributed by atoms with Crippen LogP contribution in [0.25, 0.3) is 10.8 Å². The third kappa shape index (κ3) is 5.02. The molecule has 0 unspecified atom stereocenters. The maximum atomic E-state index is 13.8. The molecule has 4 rings (SSSR count). The topological polar surface area (TPSA) is 88.6 Å². The second-order valence-electron chi connectivity index (χ2n) is 7.82. The van der Waals surface area contributed by atoms with Crippen molar-refractivity contribution >= 4 is 32.4 Å². The van der Waals surface area contributed by atoms with Gasteiger partial charge in [0.05, 0.1) is 17.7 Å². The van der Waals surface area contributed by atoms with Crippen molar-refractivity contribution in [2.75, 3.05) is 18.0 Å². The van der Waals surface area contributed by atoms with Crippen LogP contribution in [0.15, 0.2) is 90.1 Å². The first kappa shape index (κ1) is 23.3. The molecule has 34 heavy (non-hydrogen) atoms. The monoisotopic (exact) mass is 475 g/mol. The lowest BCUT2D eigenvalue weighted by molar-refractivity contribution is -0.119. The van der Waals surface area contributed by atoms with Crippen molar-refractivity contribution in [1.29, 1.82) is 0 Å². The van der Waals surface area contributed by atoms with Crippen LogP contribution in [-0.2, 0) is 21.4 Å². The van der Waals surface area contributed by atoms with Gasteiger partial charge in [-0.15, -0.1) is 0 Å². The van der Waals surface area contributed by atoms with Crippen molar-refractivity contribution in [1.82, 2.24) is 10.3 Å². The standard InChI is InChI=1S/C26H25N3O4S/c1-19-6-8-20(9-7-19)16-28-26(30)18-29(22-10-12-23(33-2)13-11-22)34(31,32)25-5-3-4-21-17-27-15-14-24(21)25/h3-15,17H,16,18H2,1-2H3,(H,28,30). The average molecular weight is 476 g/mol. The third-order valence-electron chi connectivity index (χ3n) is 5.47. The van der Waals surface area contributed by atoms with Gasteiger partial charge < -0.3 is 10.1 Å². The van der Waals surface area contributed by atoms with Crippen LogP contribution in [-0.4, -0.2) is 33.0 Å². The summed E-state index contributed by atoms with van der Waals surface area (Å²) in [4.78, 5) is 17.1. The number of nitrogens with zero attached hydrogens (tertiary/aromatic N) is 2. The first-order valence-corrected chi connectivity index (χ1v) is 12.1. The molecule has 1 aromatic heterocycles. The van der Waals surface area contributed by atoms with E-state index < -0.39 is 15.9 Å². The largest absolute Gasteiger partial charge is 0.497 e. The molecule has 0 radical (unpaired) electrons. The predicted octanol–water partition coefficient (Wildman–Crippen LogP) is 4.06. The molecule has 0 bridgehead atoms. The van der Waals surface area contributed by atoms with E-state index >= 15 is 0 Å². The SMILES string of the molecule is COc1ccc(N(CC(=O)NCc2ccc(C)cc2)S(=O)(=O)c2cccc3cnccc23)cc1. The minimum Gasteiger partial charge on any atom is -0.497 e. The van der Waals surface area contributed by atoms with Crippen molar-refractivity contribution in [3.63, 3.8) is 0 Å². The summed E-state index contributed by atoms with van der Waals surface area (Å²) in [6.07, 6.45) is 3.16. The second-order valence-corrected chi connectivity index (χ2v) is 9.66. The number of pyridine rings is 1. The van der Waals surface area contributed by atoms with E-state index in [2.05, 4.69) is 10.3 Å². The van der Waals surface area contributed by atoms with Crippen LogP contribution >= 0.6 is 0 Å². The number of nitrogens with one attached hydrogen (secondary N) is 1. The Hall–Kier alpha value is -3.91. The molecule has 0 aliphatic rings. The zero-order valence-electron chi connectivity index (χ0n) is 18.9. The Bertz CT molecular complexity index is 1400. The Kier molecular flexibility index (Phi) is 6.79. The highest BCUT2D eigenvalue weighted by atomic mass is 32.2. The number of carbonyl (C=O) groups excluding carboxylic acids is 1. The Balaban J connectivity index is 1.67. The fourth-order valence-corrected chi connectivity index (χ4v) is 5.23. The fraction of sp³-hybridized carbons (Fsp3) is 0.154. The van der Waals surface area contributed by atoms with E-state index in [4.69, 9.17) is 4.74 Å². The molecule has 0 saturated heterocycles. The lowest BCUT2D eigenvalue weighted by Gasteiger charge is -2.25. The van der Waals surface area contributed by atoms with E-state index in [1.54, 1.807) is 60.9 Å². The van der Waals surface area contributed by atoms with E-state index in [1.807, 2.05) is 31.2 Å². The molecule has 1 amide bonds. The Morgan fingerprint density at radius 2 is 1.74 bits per heavy atom. The Morgan fingerprint density at radius 1 is 1.00 bits per heavy atom. The number of amides is 1. The number of aromatic nitrogens is 1. The van der Waals surface area contributed by atoms with Gasteiger partial charge in [-0.05, 0) is 48.9 Å². The van der Waals surface area contributed by atoms with Crippen molar-refractivity contribution in [2.24, 2.45) is 0 Å². The third-order valence-corrected chi connectivity index (χ3v) is 7.30. The van der Waals surface area contributed by atoms with Gasteiger partial charge in [0.15, 0.2) is 0 Å². The highest BCUT2D eigenvalue weighted by Crippen LogP contribution is 2.29. The summed E-state index contributed by atoms with van der Waals surface area (Å²) in [6, 6.07) is 21.0. The van der Waals surface area contributed by atoms with Gasteiger partial charge in [-0.25, -0.2) is 8.42 Å². The Labute approximate surface area is 199 Å². The molecule has 0 aliphatic carbocycles. The van der Waals surface area contributed by atoms with Crippen LogP contribution in [0.1, 0.15) is 11.1 Å². The van der Waals surface area contributed by atoms with Gasteiger partial charge in [-0.2, -0.15) is 0 Å². The lowest BCUT2D eigenvalue weighted by atomic mass is 10.1. The minimum absolute atomic E-state index is 0.106. The quantitative estimate of drug-likeness (QED) is 0.415. The summed E-state index contributed by atoms with van der Waals surface area (Å²) >= 11 is 0. The fourth-order valence-electron chi connectivity index (χ4n) is 3.59. The molecule has 174 valence electrons. The zero-order chi connectivity index (χ0) is 24.1. The minimum atomic E-state index is -4.08. The molecule has 0 fully saturated rings. The summed E-state index contributed by atoms with van der Waals surface area (Å²) in [5, 5.41) is 4.06. The van der Waals surface area contributed by atoms with Crippen LogP contribution in [0.4, 0.5) is 5.69 Å². The molecular weight excluding hydrogens is 450 g/mol.